The van der Waals surface area contributed by atoms with Crippen LogP contribution < -0.4 is 5.32 Å². The van der Waals surface area contributed by atoms with E-state index in [-0.39, 0.29) is 22.1 Å². The Balaban J connectivity index is 2.84. The van der Waals surface area contributed by atoms with Gasteiger partial charge in [0.15, 0.2) is 5.78 Å². The number of halogens is 2. The first kappa shape index (κ1) is 13.8. The summed E-state index contributed by atoms with van der Waals surface area (Å²) in [5.41, 5.74) is 0.365. The molecule has 0 fully saturated rings. The second-order valence-corrected chi connectivity index (χ2v) is 4.72. The van der Waals surface area contributed by atoms with Crippen molar-refractivity contribution in [2.24, 2.45) is 0 Å². The molecule has 3 nitrogen and oxygen atoms in total. The number of hydrogen-bond donors (Lipinski definition) is 1. The van der Waals surface area contributed by atoms with Crippen LogP contribution in [0.3, 0.4) is 0 Å². The van der Waals surface area contributed by atoms with E-state index in [4.69, 9.17) is 0 Å². The number of carbonyl (C=O) groups excluding carboxylic acids is 2. The molecule has 0 aliphatic rings. The molecule has 1 rings (SSSR count). The first-order valence-corrected chi connectivity index (χ1v) is 6.12. The van der Waals surface area contributed by atoms with Crippen LogP contribution in [-0.2, 0) is 4.79 Å². The highest BCUT2D eigenvalue weighted by Gasteiger charge is 2.14. The van der Waals surface area contributed by atoms with Gasteiger partial charge in [-0.25, -0.2) is 4.39 Å². The molecule has 0 bridgehead atoms. The van der Waals surface area contributed by atoms with Gasteiger partial charge in [-0.2, -0.15) is 0 Å². The average Bonchev–Trinajstić information content (AvgIpc) is 2.27. The van der Waals surface area contributed by atoms with E-state index in [1.165, 1.54) is 19.1 Å². The third-order valence-corrected chi connectivity index (χ3v) is 3.32. The summed E-state index contributed by atoms with van der Waals surface area (Å²) in [6.45, 7) is 3.15. The van der Waals surface area contributed by atoms with Crippen molar-refractivity contribution in [3.05, 3.63) is 29.6 Å². The highest BCUT2D eigenvalue weighted by Crippen LogP contribution is 2.16. The van der Waals surface area contributed by atoms with Crippen LogP contribution in [-0.4, -0.2) is 16.5 Å². The van der Waals surface area contributed by atoms with E-state index in [9.17, 15) is 14.0 Å². The maximum atomic E-state index is 13.5. The van der Waals surface area contributed by atoms with Crippen LogP contribution in [0.1, 0.15) is 30.6 Å². The summed E-state index contributed by atoms with van der Waals surface area (Å²) in [7, 11) is 0. The van der Waals surface area contributed by atoms with E-state index >= 15 is 0 Å². The molecule has 0 heterocycles. The third kappa shape index (κ3) is 3.63. The fourth-order valence-corrected chi connectivity index (χ4v) is 1.40. The lowest BCUT2D eigenvalue weighted by Crippen LogP contribution is -2.22. The predicted octanol–water partition coefficient (Wildman–Crippen LogP) is 3.14. The minimum atomic E-state index is -0.627. The van der Waals surface area contributed by atoms with Crippen molar-refractivity contribution < 1.29 is 14.0 Å². The molecular formula is C12H13BrFNO2. The summed E-state index contributed by atoms with van der Waals surface area (Å²) in [4.78, 5) is 22.2. The molecule has 17 heavy (non-hydrogen) atoms. The maximum absolute atomic E-state index is 13.5. The number of rotatable bonds is 4. The zero-order chi connectivity index (χ0) is 13.0. The molecule has 1 aromatic rings. The third-order valence-electron chi connectivity index (χ3n) is 2.26. The predicted molar refractivity (Wildman–Crippen MR) is 68.0 cm³/mol. The summed E-state index contributed by atoms with van der Waals surface area (Å²) >= 11 is 3.20. The van der Waals surface area contributed by atoms with Crippen molar-refractivity contribution in [1.82, 2.24) is 0 Å². The van der Waals surface area contributed by atoms with Crippen LogP contribution >= 0.6 is 15.9 Å². The van der Waals surface area contributed by atoms with Gasteiger partial charge in [0.25, 0.3) is 0 Å². The van der Waals surface area contributed by atoms with Gasteiger partial charge in [0.1, 0.15) is 5.82 Å². The molecule has 0 radical (unpaired) electrons. The fourth-order valence-electron chi connectivity index (χ4n) is 1.28. The van der Waals surface area contributed by atoms with E-state index in [0.29, 0.717) is 12.1 Å². The van der Waals surface area contributed by atoms with Crippen LogP contribution in [0.2, 0.25) is 0 Å². The van der Waals surface area contributed by atoms with Crippen molar-refractivity contribution in [2.45, 2.75) is 25.1 Å². The summed E-state index contributed by atoms with van der Waals surface area (Å²) in [5, 5.41) is 2.56. The Labute approximate surface area is 108 Å². The SMILES string of the molecule is CC[C@@H](Br)C(=O)Nc1ccc(C(C)=O)c(F)c1. The Morgan fingerprint density at radius 2 is 2.12 bits per heavy atom. The number of benzene rings is 1. The molecule has 1 aromatic carbocycles. The summed E-state index contributed by atoms with van der Waals surface area (Å²) < 4.78 is 13.5. The number of carbonyl (C=O) groups is 2. The first-order chi connectivity index (χ1) is 7.95. The molecule has 1 atom stereocenters. The van der Waals surface area contributed by atoms with Gasteiger partial charge in [0.05, 0.1) is 10.4 Å². The zero-order valence-corrected chi connectivity index (χ0v) is 11.2. The standard InChI is InChI=1S/C12H13BrFNO2/c1-3-10(13)12(17)15-8-4-5-9(7(2)16)11(14)6-8/h4-6,10H,3H2,1-2H3,(H,15,17)/t10-/m1/s1. The van der Waals surface area contributed by atoms with Crippen LogP contribution in [0.15, 0.2) is 18.2 Å². The molecule has 0 unspecified atom stereocenters. The Morgan fingerprint density at radius 1 is 1.47 bits per heavy atom. The number of hydrogen-bond acceptors (Lipinski definition) is 2. The second-order valence-electron chi connectivity index (χ2n) is 3.62. The van der Waals surface area contributed by atoms with Gasteiger partial charge in [0.2, 0.25) is 5.91 Å². The summed E-state index contributed by atoms with van der Waals surface area (Å²) in [6.07, 6.45) is 0.639. The van der Waals surface area contributed by atoms with Gasteiger partial charge >= 0.3 is 0 Å². The van der Waals surface area contributed by atoms with E-state index in [1.54, 1.807) is 0 Å². The van der Waals surface area contributed by atoms with Gasteiger partial charge in [-0.15, -0.1) is 0 Å². The highest BCUT2D eigenvalue weighted by molar-refractivity contribution is 9.10. The minimum Gasteiger partial charge on any atom is -0.325 e. The van der Waals surface area contributed by atoms with Crippen molar-refractivity contribution >= 4 is 33.3 Å². The van der Waals surface area contributed by atoms with Crippen molar-refractivity contribution in [3.63, 3.8) is 0 Å². The highest BCUT2D eigenvalue weighted by atomic mass is 79.9. The van der Waals surface area contributed by atoms with Crippen LogP contribution in [0.4, 0.5) is 10.1 Å². The lowest BCUT2D eigenvalue weighted by Gasteiger charge is -2.09. The van der Waals surface area contributed by atoms with E-state index in [0.717, 1.165) is 6.07 Å². The van der Waals surface area contributed by atoms with Crippen LogP contribution in [0.5, 0.6) is 0 Å². The lowest BCUT2D eigenvalue weighted by molar-refractivity contribution is -0.115. The normalized spacial score (nSPS) is 12.0. The van der Waals surface area contributed by atoms with Crippen molar-refractivity contribution in [2.75, 3.05) is 5.32 Å². The topological polar surface area (TPSA) is 46.2 Å². The molecule has 0 aromatic heterocycles. The van der Waals surface area contributed by atoms with Gasteiger partial charge < -0.3 is 5.32 Å². The number of ketones is 1. The summed E-state index contributed by atoms with van der Waals surface area (Å²) in [5.74, 6) is -1.20. The number of anilines is 1. The minimum absolute atomic E-state index is 0.0221. The van der Waals surface area contributed by atoms with Gasteiger partial charge in [0, 0.05) is 5.69 Å². The molecule has 0 saturated carbocycles. The average molecular weight is 302 g/mol. The molecule has 0 aliphatic carbocycles. The first-order valence-electron chi connectivity index (χ1n) is 5.21. The van der Waals surface area contributed by atoms with Gasteiger partial charge in [-0.3, -0.25) is 9.59 Å². The molecule has 5 heteroatoms. The summed E-state index contributed by atoms with van der Waals surface area (Å²) in [6, 6.07) is 4.01. The lowest BCUT2D eigenvalue weighted by atomic mass is 10.1. The number of alkyl halides is 1. The Morgan fingerprint density at radius 3 is 2.59 bits per heavy atom. The fraction of sp³-hybridized carbons (Fsp3) is 0.333. The molecule has 1 amide bonds. The van der Waals surface area contributed by atoms with Gasteiger partial charge in [-0.05, 0) is 31.5 Å². The van der Waals surface area contributed by atoms with E-state index in [2.05, 4.69) is 21.2 Å². The van der Waals surface area contributed by atoms with Crippen LogP contribution in [0, 0.1) is 5.82 Å². The number of amides is 1. The molecule has 0 aliphatic heterocycles. The van der Waals surface area contributed by atoms with E-state index < -0.39 is 5.82 Å². The Bertz CT molecular complexity index is 448. The smallest absolute Gasteiger partial charge is 0.238 e. The van der Waals surface area contributed by atoms with E-state index in [1.807, 2.05) is 6.92 Å². The largest absolute Gasteiger partial charge is 0.325 e. The quantitative estimate of drug-likeness (QED) is 0.686. The monoisotopic (exact) mass is 301 g/mol. The number of Topliss-reactive ketones (excluding diaryl/α,β-unsaturated/α-hetero) is 1. The number of nitrogens with one attached hydrogen (secondary N) is 1. The zero-order valence-electron chi connectivity index (χ0n) is 9.59. The molecule has 0 saturated heterocycles. The molecule has 1 N–H and O–H groups in total. The second kappa shape index (κ2) is 5.91. The molecule has 0 spiro atoms. The van der Waals surface area contributed by atoms with Gasteiger partial charge in [-0.1, -0.05) is 22.9 Å². The van der Waals surface area contributed by atoms with Crippen molar-refractivity contribution in [1.29, 1.82) is 0 Å². The maximum Gasteiger partial charge on any atom is 0.238 e. The Hall–Kier alpha value is -1.23. The molecule has 92 valence electrons. The molecular weight excluding hydrogens is 289 g/mol. The Kier molecular flexibility index (Phi) is 4.81. The van der Waals surface area contributed by atoms with Crippen molar-refractivity contribution in [3.8, 4) is 0 Å². The van der Waals surface area contributed by atoms with Crippen LogP contribution in [0.25, 0.3) is 0 Å².